The highest BCUT2D eigenvalue weighted by Gasteiger charge is 2.40. The fraction of sp³-hybridized carbons (Fsp3) is 0.643. The predicted octanol–water partition coefficient (Wildman–Crippen LogP) is 2.05. The van der Waals surface area contributed by atoms with Crippen molar-refractivity contribution in [3.05, 3.63) is 23.5 Å². The van der Waals surface area contributed by atoms with Crippen LogP contribution in [0.2, 0.25) is 0 Å². The Bertz CT molecular complexity index is 499. The fourth-order valence-electron chi connectivity index (χ4n) is 3.19. The monoisotopic (exact) mass is 278 g/mol. The molecule has 2 fully saturated rings. The molecule has 0 radical (unpaired) electrons. The summed E-state index contributed by atoms with van der Waals surface area (Å²) < 4.78 is 12.1. The lowest BCUT2D eigenvalue weighted by Gasteiger charge is -2.37. The molecule has 2 unspecified atom stereocenters. The number of rotatable bonds is 2. The Morgan fingerprint density at radius 3 is 2.47 bits per heavy atom. The van der Waals surface area contributed by atoms with Crippen LogP contribution < -0.4 is 0 Å². The molecule has 102 valence electrons. The number of hydrogen-bond acceptors (Lipinski definition) is 4. The zero-order valence-corrected chi connectivity index (χ0v) is 11.9. The maximum atomic E-state index is 12.4. The van der Waals surface area contributed by atoms with Crippen LogP contribution in [0.5, 0.6) is 0 Å². The van der Waals surface area contributed by atoms with Gasteiger partial charge >= 0.3 is 0 Å². The van der Waals surface area contributed by atoms with Crippen LogP contribution in [-0.4, -0.2) is 30.7 Å². The summed E-state index contributed by atoms with van der Waals surface area (Å²) in [6.45, 7) is 1.86. The fourth-order valence-corrected chi connectivity index (χ4v) is 5.37. The van der Waals surface area contributed by atoms with Crippen molar-refractivity contribution in [3.63, 3.8) is 0 Å². The molecule has 2 aliphatic heterocycles. The average Bonchev–Trinajstić information content (AvgIpc) is 2.38. The molecule has 2 saturated heterocycles. The maximum absolute atomic E-state index is 12.4. The van der Waals surface area contributed by atoms with Crippen LogP contribution >= 0.6 is 0 Å². The zero-order chi connectivity index (χ0) is 13.4. The van der Waals surface area contributed by atoms with Crippen LogP contribution in [0.25, 0.3) is 0 Å². The molecule has 0 spiro atoms. The molecule has 0 aromatic carbocycles. The molecule has 1 aromatic rings. The van der Waals surface area contributed by atoms with Crippen molar-refractivity contribution >= 4 is 16.6 Å². The van der Waals surface area contributed by atoms with Crippen molar-refractivity contribution in [1.82, 2.24) is 10.2 Å². The Kier molecular flexibility index (Phi) is 3.48. The number of ketones is 1. The van der Waals surface area contributed by atoms with E-state index in [4.69, 9.17) is 0 Å². The molecule has 2 aliphatic rings. The van der Waals surface area contributed by atoms with Gasteiger partial charge in [0.25, 0.3) is 0 Å². The summed E-state index contributed by atoms with van der Waals surface area (Å²) in [5.41, 5.74) is 1.28. The van der Waals surface area contributed by atoms with Crippen molar-refractivity contribution in [2.24, 2.45) is 5.92 Å². The molecule has 2 bridgehead atoms. The molecule has 1 aromatic heterocycles. The third-order valence-corrected chi connectivity index (χ3v) is 6.40. The molecular weight excluding hydrogens is 260 g/mol. The Morgan fingerprint density at radius 2 is 1.89 bits per heavy atom. The van der Waals surface area contributed by atoms with Gasteiger partial charge in [-0.3, -0.25) is 9.00 Å². The highest BCUT2D eigenvalue weighted by Crippen LogP contribution is 2.37. The second-order valence-electron chi connectivity index (χ2n) is 5.60. The highest BCUT2D eigenvalue weighted by molar-refractivity contribution is 7.86. The normalized spacial score (nSPS) is 33.9. The summed E-state index contributed by atoms with van der Waals surface area (Å²) >= 11 is 0. The van der Waals surface area contributed by atoms with E-state index in [2.05, 4.69) is 10.2 Å². The number of carbonyl (C=O) groups excluding carboxylic acids is 1. The molecule has 3 heterocycles. The lowest BCUT2D eigenvalue weighted by atomic mass is 9.85. The molecule has 0 N–H and O–H groups in total. The van der Waals surface area contributed by atoms with Crippen LogP contribution in [0, 0.1) is 12.8 Å². The number of nitrogens with zero attached hydrogens (tertiary/aromatic N) is 2. The topological polar surface area (TPSA) is 59.9 Å². The van der Waals surface area contributed by atoms with Crippen molar-refractivity contribution in [1.29, 1.82) is 0 Å². The van der Waals surface area contributed by atoms with Gasteiger partial charge in [-0.05, 0) is 44.7 Å². The van der Waals surface area contributed by atoms with Gasteiger partial charge in [-0.25, -0.2) is 0 Å². The van der Waals surface area contributed by atoms with Crippen LogP contribution in [-0.2, 0) is 10.8 Å². The second-order valence-corrected chi connectivity index (χ2v) is 7.59. The quantitative estimate of drug-likeness (QED) is 0.777. The number of fused-ring (bicyclic) bond motifs is 2. The smallest absolute Gasteiger partial charge is 0.186 e. The van der Waals surface area contributed by atoms with E-state index in [1.807, 2.05) is 13.0 Å². The molecule has 0 amide bonds. The van der Waals surface area contributed by atoms with Gasteiger partial charge in [0.2, 0.25) is 0 Å². The van der Waals surface area contributed by atoms with Crippen LogP contribution in [0.3, 0.4) is 0 Å². The maximum Gasteiger partial charge on any atom is 0.186 e. The minimum Gasteiger partial charge on any atom is -0.292 e. The standard InChI is InChI=1S/C14H18N2O2S/c1-9-5-6-13(16-15-9)14(17)10-7-11-3-2-4-12(8-10)19(11)18/h5-6,10-12H,2-4,7-8H2,1H3. The van der Waals surface area contributed by atoms with Gasteiger partial charge in [0.15, 0.2) is 5.78 Å². The molecule has 0 aliphatic carbocycles. The summed E-state index contributed by atoms with van der Waals surface area (Å²) in [7, 11) is -0.722. The van der Waals surface area contributed by atoms with Crippen molar-refractivity contribution < 1.29 is 9.00 Å². The minimum absolute atomic E-state index is 0.00925. The average molecular weight is 278 g/mol. The second kappa shape index (κ2) is 5.12. The summed E-state index contributed by atoms with van der Waals surface area (Å²) in [5, 5.41) is 8.39. The molecule has 3 rings (SSSR count). The molecule has 5 heteroatoms. The summed E-state index contributed by atoms with van der Waals surface area (Å²) in [4.78, 5) is 12.4. The van der Waals surface area contributed by atoms with Crippen LogP contribution in [0.1, 0.15) is 48.3 Å². The van der Waals surface area contributed by atoms with E-state index in [9.17, 15) is 9.00 Å². The zero-order valence-electron chi connectivity index (χ0n) is 11.0. The van der Waals surface area contributed by atoms with Gasteiger partial charge in [0.05, 0.1) is 5.69 Å². The predicted molar refractivity (Wildman–Crippen MR) is 73.4 cm³/mol. The lowest BCUT2D eigenvalue weighted by molar-refractivity contribution is 0.0889. The van der Waals surface area contributed by atoms with Crippen LogP contribution in [0.4, 0.5) is 0 Å². The first kappa shape index (κ1) is 12.9. The van der Waals surface area contributed by atoms with E-state index in [1.54, 1.807) is 6.07 Å². The number of Topliss-reactive ketones (excluding diaryl/α,β-unsaturated/α-hetero) is 1. The minimum atomic E-state index is -0.722. The summed E-state index contributed by atoms with van der Waals surface area (Å²) in [6, 6.07) is 3.58. The molecule has 19 heavy (non-hydrogen) atoms. The first-order valence-corrected chi connectivity index (χ1v) is 8.16. The molecule has 2 atom stereocenters. The van der Waals surface area contributed by atoms with E-state index in [1.165, 1.54) is 0 Å². The third kappa shape index (κ3) is 2.48. The first-order chi connectivity index (χ1) is 9.15. The van der Waals surface area contributed by atoms with Gasteiger partial charge in [-0.2, -0.15) is 5.10 Å². The highest BCUT2D eigenvalue weighted by atomic mass is 32.2. The Morgan fingerprint density at radius 1 is 1.21 bits per heavy atom. The SMILES string of the molecule is Cc1ccc(C(=O)C2CC3CCCC(C2)S3=O)nn1. The third-order valence-electron chi connectivity index (χ3n) is 4.23. The Balaban J connectivity index is 1.78. The van der Waals surface area contributed by atoms with E-state index in [0.29, 0.717) is 5.69 Å². The van der Waals surface area contributed by atoms with Crippen molar-refractivity contribution in [3.8, 4) is 0 Å². The number of carbonyl (C=O) groups is 1. The summed E-state index contributed by atoms with van der Waals surface area (Å²) in [6.07, 6.45) is 4.69. The molecule has 4 nitrogen and oxygen atoms in total. The lowest BCUT2D eigenvalue weighted by Crippen LogP contribution is -2.41. The van der Waals surface area contributed by atoms with Gasteiger partial charge in [0.1, 0.15) is 5.69 Å². The van der Waals surface area contributed by atoms with Gasteiger partial charge in [-0.15, -0.1) is 5.10 Å². The first-order valence-electron chi connectivity index (χ1n) is 6.89. The van der Waals surface area contributed by atoms with E-state index < -0.39 is 10.8 Å². The number of aromatic nitrogens is 2. The van der Waals surface area contributed by atoms with Crippen molar-refractivity contribution in [2.75, 3.05) is 0 Å². The Hall–Kier alpha value is -1.10. The number of hydrogen-bond donors (Lipinski definition) is 0. The number of aryl methyl sites for hydroxylation is 1. The van der Waals surface area contributed by atoms with Gasteiger partial charge < -0.3 is 0 Å². The molecule has 0 saturated carbocycles. The van der Waals surface area contributed by atoms with E-state index in [-0.39, 0.29) is 22.2 Å². The van der Waals surface area contributed by atoms with Crippen molar-refractivity contribution in [2.45, 2.75) is 49.5 Å². The summed E-state index contributed by atoms with van der Waals surface area (Å²) in [5.74, 6) is 0.0751. The molecular formula is C14H18N2O2S. The van der Waals surface area contributed by atoms with Crippen LogP contribution in [0.15, 0.2) is 12.1 Å². The largest absolute Gasteiger partial charge is 0.292 e. The van der Waals surface area contributed by atoms with Gasteiger partial charge in [0, 0.05) is 27.2 Å². The van der Waals surface area contributed by atoms with E-state index >= 15 is 0 Å². The van der Waals surface area contributed by atoms with E-state index in [0.717, 1.165) is 37.8 Å². The Labute approximate surface area is 115 Å². The van der Waals surface area contributed by atoms with Gasteiger partial charge in [-0.1, -0.05) is 6.42 Å².